The van der Waals surface area contributed by atoms with Crippen LogP contribution in [0.2, 0.25) is 0 Å². The third-order valence-corrected chi connectivity index (χ3v) is 6.22. The second-order valence-corrected chi connectivity index (χ2v) is 10.1. The van der Waals surface area contributed by atoms with Gasteiger partial charge in [-0.15, -0.1) is 0 Å². The minimum Gasteiger partial charge on any atom is -0.368 e. The normalized spacial score (nSPS) is 11.0. The van der Waals surface area contributed by atoms with E-state index >= 15 is 0 Å². The van der Waals surface area contributed by atoms with Crippen molar-refractivity contribution in [3.8, 4) is 0 Å². The zero-order valence-corrected chi connectivity index (χ0v) is 26.4. The second-order valence-electron chi connectivity index (χ2n) is 10.1. The van der Waals surface area contributed by atoms with Gasteiger partial charge >= 0.3 is 0 Å². The van der Waals surface area contributed by atoms with Gasteiger partial charge in [0.15, 0.2) is 0 Å². The maximum absolute atomic E-state index is 12.1. The van der Waals surface area contributed by atoms with Crippen molar-refractivity contribution in [1.29, 1.82) is 0 Å². The summed E-state index contributed by atoms with van der Waals surface area (Å²) in [5.74, 6) is 1.22. The Hall–Kier alpha value is -4.10. The molecule has 7 nitrogen and oxygen atoms in total. The second kappa shape index (κ2) is 23.6. The average Bonchev–Trinajstić information content (AvgIpc) is 3.56. The van der Waals surface area contributed by atoms with Crippen LogP contribution in [0.4, 0.5) is 0 Å². The van der Waals surface area contributed by atoms with Crippen LogP contribution in [0.3, 0.4) is 0 Å². The molecule has 1 heterocycles. The predicted molar refractivity (Wildman–Crippen MR) is 176 cm³/mol. The Morgan fingerprint density at radius 2 is 1.29 bits per heavy atom. The molecule has 1 aliphatic heterocycles. The molecule has 228 valence electrons. The lowest BCUT2D eigenvalue weighted by Gasteiger charge is -2.18. The molecule has 0 unspecified atom stereocenters. The number of rotatable bonds is 8. The summed E-state index contributed by atoms with van der Waals surface area (Å²) in [6, 6.07) is 27.2. The van der Waals surface area contributed by atoms with Crippen LogP contribution in [0, 0.1) is 20.8 Å². The summed E-state index contributed by atoms with van der Waals surface area (Å²) in [5, 5.41) is 3.28. The molecular weight excluding hydrogens is 524 g/mol. The van der Waals surface area contributed by atoms with Crippen molar-refractivity contribution >= 4 is 25.3 Å². The summed E-state index contributed by atoms with van der Waals surface area (Å²) < 4.78 is 0. The molecule has 0 fully saturated rings. The summed E-state index contributed by atoms with van der Waals surface area (Å²) in [6.45, 7) is 13.8. The Bertz CT molecular complexity index is 1110. The molecule has 0 aliphatic carbocycles. The van der Waals surface area contributed by atoms with Crippen molar-refractivity contribution in [3.05, 3.63) is 107 Å². The SMILES string of the molecule is C=O.C=O.CN(C)CCCC(=O)N(C)CCc1ccc(C2=NCCN2)cc1.Cc1ccc(C)cc1.Cc1ccccc1. The number of benzene rings is 3. The molecule has 0 saturated carbocycles. The van der Waals surface area contributed by atoms with Gasteiger partial charge in [-0.1, -0.05) is 95.6 Å². The minimum atomic E-state index is 0.230. The van der Waals surface area contributed by atoms with Crippen molar-refractivity contribution < 1.29 is 14.4 Å². The summed E-state index contributed by atoms with van der Waals surface area (Å²) in [5.41, 5.74) is 6.37. The highest BCUT2D eigenvalue weighted by Crippen LogP contribution is 2.08. The van der Waals surface area contributed by atoms with Crippen LogP contribution >= 0.6 is 0 Å². The van der Waals surface area contributed by atoms with E-state index in [1.165, 1.54) is 22.3 Å². The highest BCUT2D eigenvalue weighted by Gasteiger charge is 2.10. The highest BCUT2D eigenvalue weighted by atomic mass is 16.2. The molecule has 3 aromatic carbocycles. The fraction of sp³-hybridized carbons (Fsp3) is 0.371. The van der Waals surface area contributed by atoms with Gasteiger partial charge < -0.3 is 24.7 Å². The van der Waals surface area contributed by atoms with Crippen LogP contribution in [-0.2, 0) is 20.8 Å². The van der Waals surface area contributed by atoms with Crippen molar-refractivity contribution in [1.82, 2.24) is 15.1 Å². The molecule has 4 rings (SSSR count). The Labute approximate surface area is 253 Å². The molecule has 0 saturated heterocycles. The summed E-state index contributed by atoms with van der Waals surface area (Å²) >= 11 is 0. The molecule has 0 aromatic heterocycles. The predicted octanol–water partition coefficient (Wildman–Crippen LogP) is 5.31. The van der Waals surface area contributed by atoms with Crippen molar-refractivity contribution in [2.75, 3.05) is 47.3 Å². The van der Waals surface area contributed by atoms with Crippen molar-refractivity contribution in [2.24, 2.45) is 4.99 Å². The number of amides is 1. The molecule has 1 amide bonds. The van der Waals surface area contributed by atoms with Gasteiger partial charge in [0, 0.05) is 32.1 Å². The molecule has 3 aromatic rings. The monoisotopic (exact) mass is 574 g/mol. The number of carbonyl (C=O) groups excluding carboxylic acids is 3. The van der Waals surface area contributed by atoms with E-state index in [2.05, 4.69) is 96.6 Å². The lowest BCUT2D eigenvalue weighted by molar-refractivity contribution is -0.130. The lowest BCUT2D eigenvalue weighted by Crippen LogP contribution is -2.29. The zero-order chi connectivity index (χ0) is 31.8. The standard InChI is InChI=1S/C18H28N4O.C8H10.C7H8.2CH2O/c1-21(2)13-4-5-17(23)22(3)14-10-15-6-8-16(9-7-15)18-19-11-12-20-18;1-7-3-5-8(2)6-4-7;1-7-5-3-2-4-6-7;2*1-2/h6-9H,4-5,10-14H2,1-3H3,(H,19,20);3-6H,1-2H3;2-6H,1H3;2*1H2. The number of carbonyl (C=O) groups is 3. The van der Waals surface area contributed by atoms with Crippen molar-refractivity contribution in [2.45, 2.75) is 40.0 Å². The zero-order valence-electron chi connectivity index (χ0n) is 26.4. The number of aliphatic imine (C=N–C) groups is 1. The molecule has 7 heteroatoms. The first-order valence-corrected chi connectivity index (χ1v) is 14.1. The quantitative estimate of drug-likeness (QED) is 0.395. The van der Waals surface area contributed by atoms with Crippen LogP contribution in [0.1, 0.15) is 40.7 Å². The van der Waals surface area contributed by atoms with E-state index in [0.29, 0.717) is 6.42 Å². The fourth-order valence-corrected chi connectivity index (χ4v) is 3.75. The Morgan fingerprint density at radius 3 is 1.71 bits per heavy atom. The third-order valence-electron chi connectivity index (χ3n) is 6.22. The molecule has 1 aliphatic rings. The van der Waals surface area contributed by atoms with Gasteiger partial charge in [0.05, 0.1) is 6.54 Å². The van der Waals surface area contributed by atoms with E-state index in [1.807, 2.05) is 57.8 Å². The van der Waals surface area contributed by atoms with Crippen molar-refractivity contribution in [3.63, 3.8) is 0 Å². The van der Waals surface area contributed by atoms with E-state index < -0.39 is 0 Å². The van der Waals surface area contributed by atoms with Gasteiger partial charge in [0.25, 0.3) is 0 Å². The summed E-state index contributed by atoms with van der Waals surface area (Å²) in [7, 11) is 5.96. The smallest absolute Gasteiger partial charge is 0.222 e. The van der Waals surface area contributed by atoms with E-state index in [9.17, 15) is 4.79 Å². The first-order valence-electron chi connectivity index (χ1n) is 14.1. The largest absolute Gasteiger partial charge is 0.368 e. The first-order chi connectivity index (χ1) is 20.2. The van der Waals surface area contributed by atoms with Crippen LogP contribution in [0.5, 0.6) is 0 Å². The topological polar surface area (TPSA) is 82.1 Å². The first kappa shape index (κ1) is 37.9. The van der Waals surface area contributed by atoms with Crippen LogP contribution in [0.15, 0.2) is 83.9 Å². The van der Waals surface area contributed by atoms with E-state index in [-0.39, 0.29) is 5.91 Å². The molecule has 0 bridgehead atoms. The number of aryl methyl sites for hydroxylation is 3. The van der Waals surface area contributed by atoms with Crippen LogP contribution in [0.25, 0.3) is 0 Å². The fourth-order valence-electron chi connectivity index (χ4n) is 3.75. The number of likely N-dealkylation sites (N-methyl/N-ethyl adjacent to an activating group) is 1. The van der Waals surface area contributed by atoms with E-state index in [1.54, 1.807) is 0 Å². The average molecular weight is 575 g/mol. The minimum absolute atomic E-state index is 0.230. The Kier molecular flexibility index (Phi) is 21.3. The van der Waals surface area contributed by atoms with Gasteiger partial charge in [-0.25, -0.2) is 0 Å². The molecule has 42 heavy (non-hydrogen) atoms. The van der Waals surface area contributed by atoms with E-state index in [0.717, 1.165) is 50.4 Å². The van der Waals surface area contributed by atoms with Crippen LogP contribution in [-0.4, -0.2) is 82.4 Å². The van der Waals surface area contributed by atoms with E-state index in [4.69, 9.17) is 9.59 Å². The number of nitrogens with zero attached hydrogens (tertiary/aromatic N) is 3. The lowest BCUT2D eigenvalue weighted by atomic mass is 10.1. The molecular formula is C35H50N4O3. The molecule has 0 radical (unpaired) electrons. The summed E-state index contributed by atoms with van der Waals surface area (Å²) in [4.78, 5) is 36.4. The summed E-state index contributed by atoms with van der Waals surface area (Å²) in [6.07, 6.45) is 2.43. The number of hydrogen-bond acceptors (Lipinski definition) is 6. The maximum Gasteiger partial charge on any atom is 0.222 e. The Morgan fingerprint density at radius 1 is 0.762 bits per heavy atom. The number of nitrogens with one attached hydrogen (secondary N) is 1. The number of amidine groups is 1. The van der Waals surface area contributed by atoms with Gasteiger partial charge in [0.1, 0.15) is 19.4 Å². The van der Waals surface area contributed by atoms with Gasteiger partial charge in [-0.2, -0.15) is 0 Å². The van der Waals surface area contributed by atoms with Gasteiger partial charge in [-0.3, -0.25) is 9.79 Å². The highest BCUT2D eigenvalue weighted by molar-refractivity contribution is 5.99. The van der Waals surface area contributed by atoms with Gasteiger partial charge in [0.2, 0.25) is 5.91 Å². The molecule has 0 atom stereocenters. The van der Waals surface area contributed by atoms with Gasteiger partial charge in [-0.05, 0) is 59.8 Å². The van der Waals surface area contributed by atoms with Crippen LogP contribution < -0.4 is 5.32 Å². The molecule has 0 spiro atoms. The maximum atomic E-state index is 12.1. The number of hydrogen-bond donors (Lipinski definition) is 1. The Balaban J connectivity index is 0.000000717. The third kappa shape index (κ3) is 17.6. The molecule has 1 N–H and O–H groups in total.